The van der Waals surface area contributed by atoms with E-state index < -0.39 is 20.0 Å². The summed E-state index contributed by atoms with van der Waals surface area (Å²) in [7, 11) is -1.82. The number of halogens is 1. The van der Waals surface area contributed by atoms with Crippen LogP contribution >= 0.6 is 15.9 Å². The van der Waals surface area contributed by atoms with Crippen LogP contribution in [0.4, 0.5) is 0 Å². The maximum absolute atomic E-state index is 11.1. The average Bonchev–Trinajstić information content (AvgIpc) is 3.31. The number of hydrogen-bond donors (Lipinski definition) is 1. The van der Waals surface area contributed by atoms with Crippen molar-refractivity contribution < 1.29 is 23.7 Å². The van der Waals surface area contributed by atoms with Gasteiger partial charge in [-0.3, -0.25) is 0 Å². The van der Waals surface area contributed by atoms with Crippen LogP contribution in [-0.2, 0) is 18.6 Å². The van der Waals surface area contributed by atoms with Crippen LogP contribution in [0, 0.1) is 0 Å². The first-order chi connectivity index (χ1) is 14.8. The largest absolute Gasteiger partial charge is 0.414 e. The summed E-state index contributed by atoms with van der Waals surface area (Å²) in [6, 6.07) is 0. The van der Waals surface area contributed by atoms with Crippen molar-refractivity contribution >= 4 is 24.2 Å². The van der Waals surface area contributed by atoms with Crippen molar-refractivity contribution in [2.45, 2.75) is 145 Å². The van der Waals surface area contributed by atoms with Gasteiger partial charge in [0.2, 0.25) is 0 Å². The highest BCUT2D eigenvalue weighted by Gasteiger charge is 2.54. The first kappa shape index (κ1) is 27.8. The van der Waals surface area contributed by atoms with Gasteiger partial charge in [0.05, 0.1) is 29.5 Å². The molecule has 0 aliphatic carbocycles. The lowest BCUT2D eigenvalue weighted by Crippen LogP contribution is -2.60. The van der Waals surface area contributed by atoms with Crippen LogP contribution in [-0.4, -0.2) is 65.6 Å². The Kier molecular flexibility index (Phi) is 7.56. The molecule has 192 valence electrons. The van der Waals surface area contributed by atoms with Crippen LogP contribution in [0.3, 0.4) is 0 Å². The zero-order chi connectivity index (χ0) is 25.1. The molecule has 0 aromatic carbocycles. The van der Waals surface area contributed by atoms with Crippen LogP contribution in [0.25, 0.3) is 0 Å². The van der Waals surface area contributed by atoms with Crippen LogP contribution in [0.15, 0.2) is 12.2 Å². The third-order valence-corrected chi connectivity index (χ3v) is 14.6. The molecule has 0 saturated carbocycles. The second-order valence-corrected chi connectivity index (χ2v) is 19.2. The van der Waals surface area contributed by atoms with Gasteiger partial charge in [-0.1, -0.05) is 48.9 Å². The van der Waals surface area contributed by atoms with Crippen molar-refractivity contribution in [1.29, 1.82) is 0 Å². The van der Waals surface area contributed by atoms with Crippen molar-refractivity contribution in [3.63, 3.8) is 0 Å². The molecule has 7 heteroatoms. The average molecular weight is 548 g/mol. The monoisotopic (exact) mass is 546 g/mol. The standard InChI is InChI=1S/C26H47BrO5Si/c1-22(2,3)33(9,10)29-17-26(8)21(31-26)12-11-19-24(6,28)15-14-20(30-19)25(7)16-13-18(27)23(4,5)32-25/h11-12,18-21,28H,13-17H2,1-10H3/t18-,19-,20-,21+,24+,25+,26+/m1/s1. The van der Waals surface area contributed by atoms with Crippen molar-refractivity contribution in [3.8, 4) is 0 Å². The van der Waals surface area contributed by atoms with Gasteiger partial charge in [-0.05, 0) is 78.4 Å². The highest BCUT2D eigenvalue weighted by Crippen LogP contribution is 2.46. The Morgan fingerprint density at radius 1 is 1.03 bits per heavy atom. The summed E-state index contributed by atoms with van der Waals surface area (Å²) in [5.41, 5.74) is -1.83. The van der Waals surface area contributed by atoms with Crippen LogP contribution in [0.2, 0.25) is 18.1 Å². The van der Waals surface area contributed by atoms with E-state index in [1.807, 2.05) is 13.0 Å². The van der Waals surface area contributed by atoms with Gasteiger partial charge in [0, 0.05) is 4.83 Å². The van der Waals surface area contributed by atoms with Crippen LogP contribution in [0.1, 0.15) is 81.1 Å². The summed E-state index contributed by atoms with van der Waals surface area (Å²) in [6.45, 7) is 22.3. The summed E-state index contributed by atoms with van der Waals surface area (Å²) in [5, 5.41) is 11.2. The normalized spacial score (nSPS) is 44.2. The summed E-state index contributed by atoms with van der Waals surface area (Å²) < 4.78 is 25.5. The molecule has 7 atom stereocenters. The molecule has 3 aliphatic rings. The second-order valence-electron chi connectivity index (χ2n) is 13.3. The first-order valence-corrected chi connectivity index (χ1v) is 16.4. The molecule has 3 saturated heterocycles. The Bertz CT molecular complexity index is 745. The molecule has 3 fully saturated rings. The summed E-state index contributed by atoms with van der Waals surface area (Å²) in [4.78, 5) is 0.332. The van der Waals surface area contributed by atoms with Crippen molar-refractivity contribution in [2.75, 3.05) is 6.61 Å². The van der Waals surface area contributed by atoms with E-state index >= 15 is 0 Å². The lowest BCUT2D eigenvalue weighted by atomic mass is 9.78. The number of hydrogen-bond acceptors (Lipinski definition) is 5. The quantitative estimate of drug-likeness (QED) is 0.188. The molecule has 3 heterocycles. The van der Waals surface area contributed by atoms with Gasteiger partial charge >= 0.3 is 0 Å². The second kappa shape index (κ2) is 8.96. The van der Waals surface area contributed by atoms with E-state index in [4.69, 9.17) is 18.6 Å². The number of ether oxygens (including phenoxy) is 3. The molecule has 3 aliphatic heterocycles. The Morgan fingerprint density at radius 3 is 2.21 bits per heavy atom. The molecular formula is C26H47BrO5Si. The lowest BCUT2D eigenvalue weighted by Gasteiger charge is -2.52. The van der Waals surface area contributed by atoms with E-state index in [1.54, 1.807) is 0 Å². The molecule has 0 aromatic heterocycles. The molecular weight excluding hydrogens is 500 g/mol. The molecule has 0 spiro atoms. The van der Waals surface area contributed by atoms with Gasteiger partial charge in [0.25, 0.3) is 0 Å². The fourth-order valence-electron chi connectivity index (χ4n) is 4.72. The Labute approximate surface area is 211 Å². The van der Waals surface area contributed by atoms with E-state index in [0.29, 0.717) is 17.9 Å². The summed E-state index contributed by atoms with van der Waals surface area (Å²) in [6.07, 6.45) is 7.04. The van der Waals surface area contributed by atoms with Gasteiger partial charge in [-0.15, -0.1) is 0 Å². The van der Waals surface area contributed by atoms with Crippen molar-refractivity contribution in [1.82, 2.24) is 0 Å². The molecule has 0 unspecified atom stereocenters. The van der Waals surface area contributed by atoms with E-state index in [-0.39, 0.29) is 34.0 Å². The Hall–Kier alpha value is 0.237. The fourth-order valence-corrected chi connectivity index (χ4v) is 6.12. The molecule has 0 radical (unpaired) electrons. The molecule has 3 rings (SSSR count). The van der Waals surface area contributed by atoms with Crippen LogP contribution < -0.4 is 0 Å². The molecule has 0 amide bonds. The summed E-state index contributed by atoms with van der Waals surface area (Å²) in [5.74, 6) is 0. The Morgan fingerprint density at radius 2 is 1.64 bits per heavy atom. The van der Waals surface area contributed by atoms with E-state index in [1.165, 1.54) is 0 Å². The lowest BCUT2D eigenvalue weighted by molar-refractivity contribution is -0.252. The number of aliphatic hydroxyl groups is 1. The minimum atomic E-state index is -1.82. The molecule has 0 aromatic rings. The SMILES string of the molecule is CC1(C)O[C@](C)([C@H]2CC[C@](C)(O)[C@@H](C=C[C@@H]3O[C@@]3(C)CO[Si](C)(C)C(C)(C)C)O2)CC[C@H]1Br. The fraction of sp³-hybridized carbons (Fsp3) is 0.923. The molecule has 0 bridgehead atoms. The van der Waals surface area contributed by atoms with Crippen LogP contribution in [0.5, 0.6) is 0 Å². The number of epoxide rings is 1. The third kappa shape index (κ3) is 5.97. The van der Waals surface area contributed by atoms with Gasteiger partial charge in [-0.2, -0.15) is 0 Å². The number of rotatable bonds is 6. The predicted molar refractivity (Wildman–Crippen MR) is 140 cm³/mol. The minimum Gasteiger partial charge on any atom is -0.414 e. The minimum absolute atomic E-state index is 0.0170. The Balaban J connectivity index is 1.63. The molecule has 33 heavy (non-hydrogen) atoms. The van der Waals surface area contributed by atoms with Gasteiger partial charge in [0.1, 0.15) is 17.8 Å². The van der Waals surface area contributed by atoms with Gasteiger partial charge in [0.15, 0.2) is 8.32 Å². The van der Waals surface area contributed by atoms with Gasteiger partial charge in [-0.25, -0.2) is 0 Å². The third-order valence-electron chi connectivity index (χ3n) is 8.59. The van der Waals surface area contributed by atoms with E-state index in [0.717, 1.165) is 19.3 Å². The smallest absolute Gasteiger partial charge is 0.192 e. The van der Waals surface area contributed by atoms with Crippen molar-refractivity contribution in [3.05, 3.63) is 12.2 Å². The maximum Gasteiger partial charge on any atom is 0.192 e. The van der Waals surface area contributed by atoms with E-state index in [9.17, 15) is 5.11 Å². The first-order valence-electron chi connectivity index (χ1n) is 12.5. The molecule has 5 nitrogen and oxygen atoms in total. The highest BCUT2D eigenvalue weighted by molar-refractivity contribution is 9.09. The zero-order valence-electron chi connectivity index (χ0n) is 22.5. The number of alkyl halides is 1. The topological polar surface area (TPSA) is 60.5 Å². The van der Waals surface area contributed by atoms with Gasteiger partial charge < -0.3 is 23.7 Å². The zero-order valence-corrected chi connectivity index (χ0v) is 25.0. The highest BCUT2D eigenvalue weighted by atomic mass is 79.9. The summed E-state index contributed by atoms with van der Waals surface area (Å²) >= 11 is 3.77. The predicted octanol–water partition coefficient (Wildman–Crippen LogP) is 6.13. The maximum atomic E-state index is 11.1. The molecule has 1 N–H and O–H groups in total. The van der Waals surface area contributed by atoms with Crippen molar-refractivity contribution in [2.24, 2.45) is 0 Å². The van der Waals surface area contributed by atoms with E-state index in [2.05, 4.69) is 83.6 Å².